The molecule has 0 fully saturated rings. The summed E-state index contributed by atoms with van der Waals surface area (Å²) in [6, 6.07) is 7.47. The first-order chi connectivity index (χ1) is 10.2. The van der Waals surface area contributed by atoms with Crippen LogP contribution < -0.4 is 16.4 Å². The van der Waals surface area contributed by atoms with Crippen LogP contribution in [0.2, 0.25) is 0 Å². The lowest BCUT2D eigenvalue weighted by molar-refractivity contribution is 0.0953. The zero-order chi connectivity index (χ0) is 15.5. The maximum atomic E-state index is 11.9. The third kappa shape index (κ3) is 8.21. The number of rotatable bonds is 8. The van der Waals surface area contributed by atoms with Gasteiger partial charge in [-0.3, -0.25) is 4.79 Å². The van der Waals surface area contributed by atoms with Gasteiger partial charge in [0.05, 0.1) is 6.54 Å². The second-order valence-electron chi connectivity index (χ2n) is 4.94. The normalized spacial score (nSPS) is 10.7. The average molecular weight is 418 g/mol. The molecule has 1 rings (SSSR count). The smallest absolute Gasteiger partial charge is 0.251 e. The zero-order valence-electron chi connectivity index (χ0n) is 13.4. The number of unbranched alkanes of at least 4 members (excludes halogenated alkanes) is 1. The highest BCUT2D eigenvalue weighted by molar-refractivity contribution is 14.0. The first-order valence-electron chi connectivity index (χ1n) is 7.58. The van der Waals surface area contributed by atoms with Crippen LogP contribution in [0, 0.1) is 0 Å². The Balaban J connectivity index is 0.00000441. The molecule has 0 aliphatic carbocycles. The molecule has 6 heteroatoms. The molecule has 1 aromatic carbocycles. The first-order valence-corrected chi connectivity index (χ1v) is 7.58. The van der Waals surface area contributed by atoms with Crippen LogP contribution in [0.4, 0.5) is 0 Å². The van der Waals surface area contributed by atoms with Crippen LogP contribution in [0.15, 0.2) is 29.3 Å². The molecular formula is C16H27IN4O. The molecule has 0 aliphatic rings. The standard InChI is InChI=1S/C16H26N4O.HI/c1-3-5-10-19-16(17)20-12-13-7-6-8-14(11-13)15(21)18-9-4-2;/h6-8,11H,3-5,9-10,12H2,1-2H3,(H,18,21)(H3,17,19,20);1H. The van der Waals surface area contributed by atoms with Gasteiger partial charge in [-0.1, -0.05) is 32.4 Å². The molecule has 0 atom stereocenters. The number of halogens is 1. The SMILES string of the molecule is CCCCNC(N)=NCc1cccc(C(=O)NCCC)c1.I. The molecule has 0 aliphatic heterocycles. The quantitative estimate of drug-likeness (QED) is 0.263. The highest BCUT2D eigenvalue weighted by Gasteiger charge is 2.04. The number of hydrogen-bond donors (Lipinski definition) is 3. The van der Waals surface area contributed by atoms with E-state index in [0.717, 1.165) is 31.4 Å². The number of hydrogen-bond acceptors (Lipinski definition) is 2. The van der Waals surface area contributed by atoms with Crippen molar-refractivity contribution in [2.45, 2.75) is 39.7 Å². The molecular weight excluding hydrogens is 391 g/mol. The van der Waals surface area contributed by atoms with Gasteiger partial charge in [0.25, 0.3) is 5.91 Å². The minimum Gasteiger partial charge on any atom is -0.370 e. The van der Waals surface area contributed by atoms with Crippen molar-refractivity contribution in [2.75, 3.05) is 13.1 Å². The van der Waals surface area contributed by atoms with Crippen LogP contribution in [-0.4, -0.2) is 25.0 Å². The van der Waals surface area contributed by atoms with Crippen LogP contribution in [0.5, 0.6) is 0 Å². The fourth-order valence-corrected chi connectivity index (χ4v) is 1.78. The first kappa shape index (κ1) is 20.7. The summed E-state index contributed by atoms with van der Waals surface area (Å²) in [5.41, 5.74) is 7.42. The largest absolute Gasteiger partial charge is 0.370 e. The van der Waals surface area contributed by atoms with Gasteiger partial charge in [0.15, 0.2) is 5.96 Å². The molecule has 1 aromatic rings. The van der Waals surface area contributed by atoms with Crippen molar-refractivity contribution in [3.8, 4) is 0 Å². The Morgan fingerprint density at radius 3 is 2.64 bits per heavy atom. The van der Waals surface area contributed by atoms with Crippen LogP contribution in [0.1, 0.15) is 49.0 Å². The number of carbonyl (C=O) groups is 1. The fraction of sp³-hybridized carbons (Fsp3) is 0.500. The lowest BCUT2D eigenvalue weighted by Gasteiger charge is -2.06. The minimum absolute atomic E-state index is 0. The predicted octanol–water partition coefficient (Wildman–Crippen LogP) is 2.65. The number of nitrogens with zero attached hydrogens (tertiary/aromatic N) is 1. The number of carbonyl (C=O) groups excluding carboxylic acids is 1. The van der Waals surface area contributed by atoms with Gasteiger partial charge in [0, 0.05) is 18.7 Å². The third-order valence-electron chi connectivity index (χ3n) is 2.99. The Labute approximate surface area is 150 Å². The number of guanidine groups is 1. The molecule has 1 amide bonds. The lowest BCUT2D eigenvalue weighted by Crippen LogP contribution is -2.32. The summed E-state index contributed by atoms with van der Waals surface area (Å²) in [4.78, 5) is 16.2. The van der Waals surface area contributed by atoms with Crippen LogP contribution >= 0.6 is 24.0 Å². The minimum atomic E-state index is -0.0447. The predicted molar refractivity (Wildman–Crippen MR) is 103 cm³/mol. The number of benzene rings is 1. The van der Waals surface area contributed by atoms with Gasteiger partial charge in [-0.05, 0) is 30.5 Å². The highest BCUT2D eigenvalue weighted by atomic mass is 127. The van der Waals surface area contributed by atoms with Crippen LogP contribution in [-0.2, 0) is 6.54 Å². The van der Waals surface area contributed by atoms with Crippen LogP contribution in [0.25, 0.3) is 0 Å². The van der Waals surface area contributed by atoms with Crippen molar-refractivity contribution in [2.24, 2.45) is 10.7 Å². The number of nitrogens with one attached hydrogen (secondary N) is 2. The van der Waals surface area contributed by atoms with E-state index in [4.69, 9.17) is 5.73 Å². The van der Waals surface area contributed by atoms with Gasteiger partial charge in [0.2, 0.25) is 0 Å². The summed E-state index contributed by atoms with van der Waals surface area (Å²) in [5, 5.41) is 5.93. The van der Waals surface area contributed by atoms with E-state index in [1.165, 1.54) is 0 Å². The molecule has 0 aromatic heterocycles. The van der Waals surface area contributed by atoms with Gasteiger partial charge >= 0.3 is 0 Å². The third-order valence-corrected chi connectivity index (χ3v) is 2.99. The highest BCUT2D eigenvalue weighted by Crippen LogP contribution is 2.06. The molecule has 0 radical (unpaired) electrons. The lowest BCUT2D eigenvalue weighted by atomic mass is 10.1. The Kier molecular flexibility index (Phi) is 11.5. The zero-order valence-corrected chi connectivity index (χ0v) is 15.7. The summed E-state index contributed by atoms with van der Waals surface area (Å²) in [6.45, 7) is 6.16. The molecule has 0 bridgehead atoms. The molecule has 0 spiro atoms. The van der Waals surface area contributed by atoms with Gasteiger partial charge in [-0.15, -0.1) is 24.0 Å². The molecule has 0 saturated heterocycles. The summed E-state index contributed by atoms with van der Waals surface area (Å²) in [7, 11) is 0. The van der Waals surface area contributed by atoms with Crippen LogP contribution in [0.3, 0.4) is 0 Å². The molecule has 0 unspecified atom stereocenters. The van der Waals surface area contributed by atoms with E-state index in [0.29, 0.717) is 24.6 Å². The molecule has 4 N–H and O–H groups in total. The second-order valence-corrected chi connectivity index (χ2v) is 4.94. The van der Waals surface area contributed by atoms with E-state index in [1.807, 2.05) is 25.1 Å². The van der Waals surface area contributed by atoms with E-state index >= 15 is 0 Å². The molecule has 5 nitrogen and oxygen atoms in total. The van der Waals surface area contributed by atoms with E-state index < -0.39 is 0 Å². The van der Waals surface area contributed by atoms with Crippen molar-refractivity contribution < 1.29 is 4.79 Å². The number of amides is 1. The average Bonchev–Trinajstić information content (AvgIpc) is 2.51. The van der Waals surface area contributed by atoms with Crippen molar-refractivity contribution in [1.29, 1.82) is 0 Å². The van der Waals surface area contributed by atoms with Crippen molar-refractivity contribution in [3.63, 3.8) is 0 Å². The van der Waals surface area contributed by atoms with E-state index in [9.17, 15) is 4.79 Å². The van der Waals surface area contributed by atoms with Crippen molar-refractivity contribution in [1.82, 2.24) is 10.6 Å². The molecule has 0 saturated carbocycles. The van der Waals surface area contributed by atoms with Crippen molar-refractivity contribution >= 4 is 35.8 Å². The molecule has 124 valence electrons. The summed E-state index contributed by atoms with van der Waals surface area (Å²) in [6.07, 6.45) is 3.12. The summed E-state index contributed by atoms with van der Waals surface area (Å²) >= 11 is 0. The Bertz CT molecular complexity index is 477. The maximum absolute atomic E-state index is 11.9. The van der Waals surface area contributed by atoms with Gasteiger partial charge in [-0.2, -0.15) is 0 Å². The monoisotopic (exact) mass is 418 g/mol. The van der Waals surface area contributed by atoms with Crippen molar-refractivity contribution in [3.05, 3.63) is 35.4 Å². The molecule has 22 heavy (non-hydrogen) atoms. The summed E-state index contributed by atoms with van der Waals surface area (Å²) in [5.74, 6) is 0.404. The van der Waals surface area contributed by atoms with Gasteiger partial charge in [-0.25, -0.2) is 4.99 Å². The Morgan fingerprint density at radius 2 is 1.95 bits per heavy atom. The Hall–Kier alpha value is -1.31. The van der Waals surface area contributed by atoms with E-state index in [1.54, 1.807) is 6.07 Å². The summed E-state index contributed by atoms with van der Waals surface area (Å²) < 4.78 is 0. The molecule has 0 heterocycles. The van der Waals surface area contributed by atoms with E-state index in [2.05, 4.69) is 22.5 Å². The van der Waals surface area contributed by atoms with Gasteiger partial charge in [0.1, 0.15) is 0 Å². The maximum Gasteiger partial charge on any atom is 0.251 e. The topological polar surface area (TPSA) is 79.5 Å². The number of aliphatic imine (C=N–C) groups is 1. The van der Waals surface area contributed by atoms with E-state index in [-0.39, 0.29) is 29.9 Å². The second kappa shape index (κ2) is 12.3. The van der Waals surface area contributed by atoms with Gasteiger partial charge < -0.3 is 16.4 Å². The number of nitrogens with two attached hydrogens (primary N) is 1. The Morgan fingerprint density at radius 1 is 1.18 bits per heavy atom. The fourth-order valence-electron chi connectivity index (χ4n) is 1.78.